The zero-order valence-electron chi connectivity index (χ0n) is 49.1. The second kappa shape index (κ2) is 86.8. The van der Waals surface area contributed by atoms with Gasteiger partial charge in [-0.05, 0) is 55.4 Å². The maximum Gasteiger partial charge on any atom is 0 e. The van der Waals surface area contributed by atoms with Crippen molar-refractivity contribution in [3.05, 3.63) is 30.9 Å². The summed E-state index contributed by atoms with van der Waals surface area (Å²) >= 11 is 8.42. The minimum absolute atomic E-state index is 0. The molecule has 3 unspecified atom stereocenters. The van der Waals surface area contributed by atoms with Crippen LogP contribution >= 0.6 is 21.2 Å². The molecule has 0 aliphatic heterocycles. The Balaban J connectivity index is -0.000000146. The molecule has 0 fully saturated rings. The van der Waals surface area contributed by atoms with Gasteiger partial charge in [-0.2, -0.15) is 38.0 Å². The molecule has 0 saturated heterocycles. The Hall–Kier alpha value is 2.06. The molecule has 0 aromatic rings. The van der Waals surface area contributed by atoms with Gasteiger partial charge in [0.25, 0.3) is 0 Å². The predicted octanol–water partition coefficient (Wildman–Crippen LogP) is 24.1. The number of allylic oxidation sites excluding steroid dienone is 3. The molecule has 1 N–H and O–H groups in total. The summed E-state index contributed by atoms with van der Waals surface area (Å²) < 4.78 is 0. The van der Waals surface area contributed by atoms with Gasteiger partial charge in [0, 0.05) is 53.4 Å². The number of aliphatic hydroxyl groups excluding tert-OH is 1. The van der Waals surface area contributed by atoms with Crippen molar-refractivity contribution in [1.82, 2.24) is 0 Å². The number of rotatable bonds is 49. The molecule has 1 nitrogen and oxygen atoms in total. The maximum absolute atomic E-state index is 9.49. The van der Waals surface area contributed by atoms with E-state index in [0.29, 0.717) is 5.76 Å². The summed E-state index contributed by atoms with van der Waals surface area (Å²) in [5.74, 6) is 3.52. The van der Waals surface area contributed by atoms with Crippen molar-refractivity contribution in [3.8, 4) is 0 Å². The third-order valence-electron chi connectivity index (χ3n) is 13.3. The molecule has 417 valence electrons. The molecule has 0 rings (SSSR count). The molecule has 0 saturated carbocycles. The fraction of sp³-hybridized carbons (Fsp3) is 0.921. The van der Waals surface area contributed by atoms with Crippen LogP contribution in [0.1, 0.15) is 337 Å². The van der Waals surface area contributed by atoms with Crippen molar-refractivity contribution in [1.29, 1.82) is 0 Å². The van der Waals surface area contributed by atoms with Crippen molar-refractivity contribution in [2.24, 2.45) is 11.8 Å². The number of hydrogen-bond acceptors (Lipinski definition) is 3. The summed E-state index contributed by atoms with van der Waals surface area (Å²) in [5, 5.41) is 9.49. The Morgan fingerprint density at radius 2 is 0.710 bits per heavy atom. The number of hydrogen-bond donors (Lipinski definition) is 2. The zero-order chi connectivity index (χ0) is 50.8. The summed E-state index contributed by atoms with van der Waals surface area (Å²) in [6, 6.07) is 0. The van der Waals surface area contributed by atoms with Gasteiger partial charge in [0.05, 0.1) is 0 Å². The number of unbranched alkanes of at least 4 members (excludes halogenated alkanes) is 35. The first-order chi connectivity index (χ1) is 32.9. The Bertz CT molecular complexity index is 771. The van der Waals surface area contributed by atoms with Gasteiger partial charge in [0.15, 0.2) is 0 Å². The van der Waals surface area contributed by atoms with Gasteiger partial charge in [0.2, 0.25) is 0 Å². The van der Waals surface area contributed by atoms with Crippen molar-refractivity contribution >= 4 is 33.8 Å². The van der Waals surface area contributed by atoms with Crippen LogP contribution in [0, 0.1) is 50.6 Å². The quantitative estimate of drug-likeness (QED) is 0.0158. The molecule has 69 heavy (non-hydrogen) atoms. The second-order valence-electron chi connectivity index (χ2n) is 20.0. The van der Waals surface area contributed by atoms with Crippen molar-refractivity contribution in [2.75, 3.05) is 24.8 Å². The fourth-order valence-corrected chi connectivity index (χ4v) is 10.3. The molecular formula is C63H131OPPaS2W-2. The normalized spacial score (nSPS) is 11.6. The van der Waals surface area contributed by atoms with E-state index in [2.05, 4.69) is 87.0 Å². The largest absolute Gasteiger partial charge is 0.796 e. The Morgan fingerprint density at radius 3 is 0.942 bits per heavy atom. The van der Waals surface area contributed by atoms with Gasteiger partial charge in [0.1, 0.15) is 0 Å². The molecular weight excluding hydrogens is 1280 g/mol. The first-order valence-electron chi connectivity index (χ1n) is 30.4. The van der Waals surface area contributed by atoms with Crippen LogP contribution in [0.3, 0.4) is 0 Å². The summed E-state index contributed by atoms with van der Waals surface area (Å²) in [5.41, 5.74) is 0. The SMILES string of the molecule is C=C[CH-]/C=C(/O)CCCCCCCCCCCC.CCCC(CCCS)C(CCC)CPC.CCCCCCCCCCCCCCCC.CCCCCCCCCCCCCCCC.C[S-].[Pa].[W]. The van der Waals surface area contributed by atoms with Crippen molar-refractivity contribution in [3.63, 3.8) is 0 Å². The molecule has 3 atom stereocenters. The first kappa shape index (κ1) is 85.0. The maximum atomic E-state index is 9.49. The van der Waals surface area contributed by atoms with Crippen LogP contribution in [0.4, 0.5) is 0 Å². The van der Waals surface area contributed by atoms with Gasteiger partial charge < -0.3 is 17.7 Å². The van der Waals surface area contributed by atoms with Crippen LogP contribution in [0.2, 0.25) is 0 Å². The monoisotopic (exact) mass is 1410 g/mol. The summed E-state index contributed by atoms with van der Waals surface area (Å²) in [6.45, 7) is 22.0. The third kappa shape index (κ3) is 87.0. The Morgan fingerprint density at radius 1 is 0.449 bits per heavy atom. The molecule has 0 amide bonds. The van der Waals surface area contributed by atoms with E-state index in [0.717, 1.165) is 39.0 Å². The van der Waals surface area contributed by atoms with Gasteiger partial charge in [-0.15, -0.1) is 14.7 Å². The number of thiol groups is 1. The molecule has 0 aromatic heterocycles. The summed E-state index contributed by atoms with van der Waals surface area (Å²) in [4.78, 5) is 0. The van der Waals surface area contributed by atoms with Gasteiger partial charge in [-0.3, -0.25) is 0 Å². The average molecular weight is 1410 g/mol. The van der Waals surface area contributed by atoms with Crippen LogP contribution in [0.5, 0.6) is 0 Å². The average Bonchev–Trinajstić information content (AvgIpc) is 3.34. The standard InChI is InChI=1S/C17H31O.2C16H34.C13H29PS.CH4S.Pa.W/c1-3-5-7-8-9-10-11-12-13-14-16-17(18)15-6-4-2;2*1-3-5-7-9-11-13-15-16-14-12-10-8-6-4-2;1-4-7-12(9-6-10-15)13(8-5-2)11-14-3;1-2;;/h4,6,15,18H,2-3,5,7-14,16H2,1H3;2*3-16H2,1-2H3;12-15H,4-11H2,1-3H3;2H,1H3;;/q-1;;;;;;/p-1/b17-15+;;;;;;. The van der Waals surface area contributed by atoms with E-state index in [1.807, 2.05) is 0 Å². The predicted molar refractivity (Wildman–Crippen MR) is 326 cm³/mol. The summed E-state index contributed by atoms with van der Waals surface area (Å²) in [6.07, 6.45) is 71.5. The van der Waals surface area contributed by atoms with Gasteiger partial charge in [-0.1, -0.05) is 318 Å². The molecule has 0 aromatic carbocycles. The van der Waals surface area contributed by atoms with E-state index in [4.69, 9.17) is 0 Å². The molecule has 0 spiro atoms. The van der Waals surface area contributed by atoms with Gasteiger partial charge in [-0.25, -0.2) is 0 Å². The second-order valence-corrected chi connectivity index (χ2v) is 21.6. The molecule has 1 radical (unpaired) electrons. The van der Waals surface area contributed by atoms with Crippen LogP contribution in [-0.2, 0) is 33.7 Å². The molecule has 0 aliphatic rings. The zero-order valence-corrected chi connectivity index (χ0v) is 59.6. The minimum atomic E-state index is 0. The van der Waals surface area contributed by atoms with Crippen LogP contribution < -0.4 is 0 Å². The molecule has 0 aliphatic carbocycles. The molecule has 6 heteroatoms. The fourth-order valence-electron chi connectivity index (χ4n) is 9.07. The van der Waals surface area contributed by atoms with Crippen molar-refractivity contribution < 1.29 is 58.5 Å². The van der Waals surface area contributed by atoms with E-state index in [1.165, 1.54) is 282 Å². The summed E-state index contributed by atoms with van der Waals surface area (Å²) in [7, 11) is 1.13. The van der Waals surface area contributed by atoms with E-state index >= 15 is 0 Å². The van der Waals surface area contributed by atoms with E-state index in [-0.39, 0.29) is 53.4 Å². The van der Waals surface area contributed by atoms with Crippen molar-refractivity contribution in [2.45, 2.75) is 337 Å². The van der Waals surface area contributed by atoms with E-state index in [9.17, 15) is 5.11 Å². The molecule has 0 bridgehead atoms. The van der Waals surface area contributed by atoms with Crippen LogP contribution in [0.25, 0.3) is 0 Å². The topological polar surface area (TPSA) is 20.2 Å². The van der Waals surface area contributed by atoms with E-state index < -0.39 is 0 Å². The smallest absolute Gasteiger partial charge is 0 e. The Labute approximate surface area is 492 Å². The van der Waals surface area contributed by atoms with Crippen LogP contribution in [-0.4, -0.2) is 29.9 Å². The van der Waals surface area contributed by atoms with Gasteiger partial charge >= 0.3 is 0 Å². The number of aliphatic hydroxyl groups is 1. The Kier molecular flexibility index (Phi) is 107. The third-order valence-corrected chi connectivity index (χ3v) is 14.6. The van der Waals surface area contributed by atoms with E-state index in [1.54, 1.807) is 24.8 Å². The first-order valence-corrected chi connectivity index (χ1v) is 33.6. The minimum Gasteiger partial charge on any atom is -0.796 e. The van der Waals surface area contributed by atoms with Crippen LogP contribution in [0.15, 0.2) is 24.5 Å². The molecule has 0 heterocycles.